The fraction of sp³-hybridized carbons (Fsp3) is 0.407. The Bertz CT molecular complexity index is 1370. The van der Waals surface area contributed by atoms with E-state index in [4.69, 9.17) is 23.1 Å². The normalized spacial score (nSPS) is 13.8. The highest BCUT2D eigenvalue weighted by atomic mass is 35.5. The lowest BCUT2D eigenvalue weighted by Crippen LogP contribution is -2.53. The number of nitrogens with two attached hydrogens (primary N) is 2. The first-order valence-electron chi connectivity index (χ1n) is 12.7. The molecule has 216 valence electrons. The van der Waals surface area contributed by atoms with Crippen molar-refractivity contribution in [3.8, 4) is 0 Å². The van der Waals surface area contributed by atoms with E-state index in [9.17, 15) is 23.9 Å². The van der Waals surface area contributed by atoms with Gasteiger partial charge in [0.15, 0.2) is 5.69 Å². The number of fused-ring (bicyclic) bond motifs is 1. The molecule has 1 heterocycles. The maximum Gasteiger partial charge on any atom is 0.269 e. The van der Waals surface area contributed by atoms with Crippen LogP contribution in [-0.2, 0) is 16.1 Å². The minimum Gasteiger partial charge on any atom is -0.399 e. The number of hydrogen-bond donors (Lipinski definition) is 4. The monoisotopic (exact) mass is 575 g/mol. The standard InChI is InChI=1S/C27H35ClFN7O4/c1-16(14-37)36(24(39)13-35-23-8-7-17(30)11-20(23)26(33-35)27(31)40)18(15-38)12-32-22(9-10-34(2)3)19-5-4-6-21(28)25(19)29/h4-8,11,15-16,18,22,32,37H,9-10,12-14,30H2,1-3H3,(H2,31,40)/t16-,18?,22+/m1/s1. The molecule has 0 fully saturated rings. The van der Waals surface area contributed by atoms with Gasteiger partial charge in [0, 0.05) is 29.2 Å². The van der Waals surface area contributed by atoms with Crippen LogP contribution in [0.3, 0.4) is 0 Å². The summed E-state index contributed by atoms with van der Waals surface area (Å²) in [4.78, 5) is 41.0. The van der Waals surface area contributed by atoms with Gasteiger partial charge in [0.25, 0.3) is 5.91 Å². The number of amides is 2. The van der Waals surface area contributed by atoms with E-state index in [0.29, 0.717) is 41.4 Å². The Kier molecular flexibility index (Phi) is 10.6. The molecule has 1 unspecified atom stereocenters. The number of nitrogens with one attached hydrogen (secondary N) is 1. The van der Waals surface area contributed by atoms with Crippen molar-refractivity contribution in [1.29, 1.82) is 0 Å². The van der Waals surface area contributed by atoms with Gasteiger partial charge in [-0.25, -0.2) is 4.39 Å². The highest BCUT2D eigenvalue weighted by Gasteiger charge is 2.30. The molecule has 2 aromatic carbocycles. The maximum atomic E-state index is 14.9. The highest BCUT2D eigenvalue weighted by molar-refractivity contribution is 6.30. The number of benzene rings is 2. The van der Waals surface area contributed by atoms with Gasteiger partial charge in [-0.3, -0.25) is 14.3 Å². The van der Waals surface area contributed by atoms with Crippen molar-refractivity contribution in [2.75, 3.05) is 39.5 Å². The number of aldehydes is 1. The van der Waals surface area contributed by atoms with Crippen molar-refractivity contribution in [3.63, 3.8) is 0 Å². The minimum atomic E-state index is -1.01. The number of rotatable bonds is 14. The summed E-state index contributed by atoms with van der Waals surface area (Å²) in [5.41, 5.74) is 12.5. The molecule has 0 aliphatic carbocycles. The maximum absolute atomic E-state index is 14.9. The Morgan fingerprint density at radius 1 is 1.27 bits per heavy atom. The molecule has 13 heteroatoms. The summed E-state index contributed by atoms with van der Waals surface area (Å²) in [6.07, 6.45) is 1.10. The van der Waals surface area contributed by atoms with Gasteiger partial charge in [-0.15, -0.1) is 0 Å². The van der Waals surface area contributed by atoms with Gasteiger partial charge in [-0.2, -0.15) is 5.10 Å². The van der Waals surface area contributed by atoms with Crippen molar-refractivity contribution in [2.45, 2.75) is 38.0 Å². The fourth-order valence-corrected chi connectivity index (χ4v) is 4.76. The fourth-order valence-electron chi connectivity index (χ4n) is 4.57. The summed E-state index contributed by atoms with van der Waals surface area (Å²) >= 11 is 6.02. The van der Waals surface area contributed by atoms with Crippen molar-refractivity contribution in [3.05, 3.63) is 58.5 Å². The van der Waals surface area contributed by atoms with Crippen LogP contribution >= 0.6 is 11.6 Å². The number of hydrogen-bond acceptors (Lipinski definition) is 8. The van der Waals surface area contributed by atoms with E-state index in [1.165, 1.54) is 15.6 Å². The third-order valence-electron chi connectivity index (χ3n) is 6.63. The molecule has 0 saturated carbocycles. The van der Waals surface area contributed by atoms with Crippen LogP contribution in [-0.4, -0.2) is 88.7 Å². The molecule has 1 aromatic heterocycles. The number of carbonyl (C=O) groups excluding carboxylic acids is 3. The number of aromatic nitrogens is 2. The number of primary amides is 1. The van der Waals surface area contributed by atoms with Crippen molar-refractivity contribution in [2.24, 2.45) is 5.73 Å². The third kappa shape index (κ3) is 7.13. The molecule has 0 spiro atoms. The number of aliphatic hydroxyl groups is 1. The quantitative estimate of drug-likeness (QED) is 0.166. The molecule has 0 aliphatic heterocycles. The molecule has 0 radical (unpaired) electrons. The predicted molar refractivity (Wildman–Crippen MR) is 151 cm³/mol. The van der Waals surface area contributed by atoms with Crippen molar-refractivity contribution < 1.29 is 23.9 Å². The number of anilines is 1. The first-order chi connectivity index (χ1) is 19.0. The third-order valence-corrected chi connectivity index (χ3v) is 6.92. The van der Waals surface area contributed by atoms with Crippen LogP contribution in [0.2, 0.25) is 5.02 Å². The molecule has 11 nitrogen and oxygen atoms in total. The lowest BCUT2D eigenvalue weighted by atomic mass is 10.0. The molecular weight excluding hydrogens is 541 g/mol. The topological polar surface area (TPSA) is 160 Å². The SMILES string of the molecule is C[C@H](CO)N(C(=O)Cn1nc(C(N)=O)c2cc(N)ccc21)C(C=O)CN[C@@H](CCN(C)C)c1cccc(Cl)c1F. The van der Waals surface area contributed by atoms with Crippen LogP contribution in [0.15, 0.2) is 36.4 Å². The number of nitrogen functional groups attached to an aromatic ring is 1. The molecule has 6 N–H and O–H groups in total. The zero-order valence-electron chi connectivity index (χ0n) is 22.7. The molecule has 40 heavy (non-hydrogen) atoms. The number of halogens is 2. The summed E-state index contributed by atoms with van der Waals surface area (Å²) in [5, 5.41) is 17.7. The second kappa shape index (κ2) is 13.7. The summed E-state index contributed by atoms with van der Waals surface area (Å²) in [6.45, 7) is 1.45. The first kappa shape index (κ1) is 31.0. The minimum absolute atomic E-state index is 0.0182. The number of aliphatic hydroxyl groups excluding tert-OH is 1. The Morgan fingerprint density at radius 3 is 2.62 bits per heavy atom. The van der Waals surface area contributed by atoms with Gasteiger partial charge in [-0.1, -0.05) is 23.7 Å². The second-order valence-electron chi connectivity index (χ2n) is 9.88. The van der Waals surface area contributed by atoms with E-state index < -0.39 is 42.4 Å². The van der Waals surface area contributed by atoms with Gasteiger partial charge >= 0.3 is 0 Å². The molecule has 0 bridgehead atoms. The summed E-state index contributed by atoms with van der Waals surface area (Å²) < 4.78 is 16.2. The molecule has 3 rings (SSSR count). The second-order valence-corrected chi connectivity index (χ2v) is 10.3. The smallest absolute Gasteiger partial charge is 0.269 e. The molecule has 3 atom stereocenters. The van der Waals surface area contributed by atoms with E-state index in [2.05, 4.69) is 10.4 Å². The van der Waals surface area contributed by atoms with Crippen LogP contribution in [0.1, 0.15) is 35.4 Å². The zero-order chi connectivity index (χ0) is 29.6. The average Bonchev–Trinajstić information content (AvgIpc) is 3.26. The summed E-state index contributed by atoms with van der Waals surface area (Å²) in [7, 11) is 3.78. The van der Waals surface area contributed by atoms with Crippen molar-refractivity contribution in [1.82, 2.24) is 24.9 Å². The molecule has 3 aromatic rings. The van der Waals surface area contributed by atoms with Gasteiger partial charge in [0.05, 0.1) is 23.2 Å². The van der Waals surface area contributed by atoms with E-state index in [1.54, 1.807) is 37.3 Å². The molecule has 0 aliphatic rings. The van der Waals surface area contributed by atoms with Gasteiger partial charge in [0.1, 0.15) is 24.7 Å². The molecule has 2 amide bonds. The van der Waals surface area contributed by atoms with Crippen LogP contribution in [0.25, 0.3) is 10.9 Å². The van der Waals surface area contributed by atoms with E-state index in [-0.39, 0.29) is 23.8 Å². The number of carbonyl (C=O) groups is 3. The predicted octanol–water partition coefficient (Wildman–Crippen LogP) is 1.57. The number of nitrogens with zero attached hydrogens (tertiary/aromatic N) is 4. The van der Waals surface area contributed by atoms with E-state index >= 15 is 0 Å². The van der Waals surface area contributed by atoms with Crippen LogP contribution in [0.4, 0.5) is 10.1 Å². The molecular formula is C27H35ClFN7O4. The largest absolute Gasteiger partial charge is 0.399 e. The first-order valence-corrected chi connectivity index (χ1v) is 13.1. The lowest BCUT2D eigenvalue weighted by molar-refractivity contribution is -0.140. The van der Waals surface area contributed by atoms with Crippen molar-refractivity contribution >= 4 is 46.3 Å². The van der Waals surface area contributed by atoms with E-state index in [0.717, 1.165) is 0 Å². The van der Waals surface area contributed by atoms with Crippen LogP contribution in [0.5, 0.6) is 0 Å². The summed E-state index contributed by atoms with van der Waals surface area (Å²) in [6, 6.07) is 7.23. The van der Waals surface area contributed by atoms with Crippen LogP contribution < -0.4 is 16.8 Å². The Morgan fingerprint density at radius 2 is 2.00 bits per heavy atom. The van der Waals surface area contributed by atoms with Crippen LogP contribution in [0, 0.1) is 5.82 Å². The summed E-state index contributed by atoms with van der Waals surface area (Å²) in [5.74, 6) is -1.87. The highest BCUT2D eigenvalue weighted by Crippen LogP contribution is 2.26. The lowest BCUT2D eigenvalue weighted by Gasteiger charge is -2.34. The van der Waals surface area contributed by atoms with E-state index in [1.807, 2.05) is 19.0 Å². The zero-order valence-corrected chi connectivity index (χ0v) is 23.4. The Labute approximate surface area is 236 Å². The van der Waals surface area contributed by atoms with Gasteiger partial charge in [0.2, 0.25) is 5.91 Å². The average molecular weight is 576 g/mol. The Hall–Kier alpha value is -3.58. The molecule has 0 saturated heterocycles. The van der Waals surface area contributed by atoms with Gasteiger partial charge < -0.3 is 36.5 Å². The van der Waals surface area contributed by atoms with Gasteiger partial charge in [-0.05, 0) is 58.3 Å². The Balaban J connectivity index is 1.88.